The molecule has 2 atom stereocenters. The second kappa shape index (κ2) is 5.81. The number of carbonyl (C=O) groups is 1. The highest BCUT2D eigenvalue weighted by molar-refractivity contribution is 5.69. The molecule has 3 heteroatoms. The second-order valence-electron chi connectivity index (χ2n) is 3.83. The van der Waals surface area contributed by atoms with Crippen molar-refractivity contribution in [1.29, 1.82) is 0 Å². The standard InChI is InChI=1S/C11H19NO2/c1-9(8-11(13)14-2)12-10-6-4-3-5-7-10/h3-4,9-10,12H,5-8H2,1-2H3. The first-order valence-corrected chi connectivity index (χ1v) is 5.20. The van der Waals surface area contributed by atoms with Gasteiger partial charge in [-0.25, -0.2) is 0 Å². The lowest BCUT2D eigenvalue weighted by Gasteiger charge is -2.23. The van der Waals surface area contributed by atoms with E-state index < -0.39 is 0 Å². The average Bonchev–Trinajstić information content (AvgIpc) is 2.19. The number of nitrogens with one attached hydrogen (secondary N) is 1. The zero-order chi connectivity index (χ0) is 10.4. The number of ether oxygens (including phenoxy) is 1. The zero-order valence-electron chi connectivity index (χ0n) is 8.95. The molecule has 0 aromatic carbocycles. The number of carbonyl (C=O) groups excluding carboxylic acids is 1. The Morgan fingerprint density at radius 1 is 1.64 bits per heavy atom. The number of rotatable bonds is 4. The molecule has 80 valence electrons. The molecule has 0 aromatic heterocycles. The summed E-state index contributed by atoms with van der Waals surface area (Å²) in [7, 11) is 1.43. The highest BCUT2D eigenvalue weighted by Gasteiger charge is 2.14. The van der Waals surface area contributed by atoms with Crippen molar-refractivity contribution in [2.75, 3.05) is 7.11 Å². The summed E-state index contributed by atoms with van der Waals surface area (Å²) in [5.41, 5.74) is 0. The van der Waals surface area contributed by atoms with E-state index in [-0.39, 0.29) is 12.0 Å². The van der Waals surface area contributed by atoms with Crippen LogP contribution in [0.2, 0.25) is 0 Å². The maximum atomic E-state index is 11.0. The van der Waals surface area contributed by atoms with Gasteiger partial charge in [0.2, 0.25) is 0 Å². The largest absolute Gasteiger partial charge is 0.469 e. The summed E-state index contributed by atoms with van der Waals surface area (Å²) in [5.74, 6) is -0.142. The van der Waals surface area contributed by atoms with E-state index in [0.29, 0.717) is 12.5 Å². The minimum atomic E-state index is -0.142. The monoisotopic (exact) mass is 197 g/mol. The third kappa shape index (κ3) is 3.92. The van der Waals surface area contributed by atoms with E-state index in [4.69, 9.17) is 0 Å². The molecule has 14 heavy (non-hydrogen) atoms. The highest BCUT2D eigenvalue weighted by atomic mass is 16.5. The van der Waals surface area contributed by atoms with E-state index >= 15 is 0 Å². The maximum absolute atomic E-state index is 11.0. The Morgan fingerprint density at radius 3 is 3.00 bits per heavy atom. The molecular weight excluding hydrogens is 178 g/mol. The average molecular weight is 197 g/mol. The van der Waals surface area contributed by atoms with Crippen LogP contribution in [-0.2, 0) is 9.53 Å². The number of methoxy groups -OCH3 is 1. The van der Waals surface area contributed by atoms with E-state index in [1.165, 1.54) is 13.5 Å². The predicted octanol–water partition coefficient (Wildman–Crippen LogP) is 1.64. The lowest BCUT2D eigenvalue weighted by atomic mass is 10.0. The van der Waals surface area contributed by atoms with Crippen LogP contribution in [0.1, 0.15) is 32.6 Å². The third-order valence-corrected chi connectivity index (χ3v) is 2.49. The summed E-state index contributed by atoms with van der Waals surface area (Å²) in [6.45, 7) is 2.02. The van der Waals surface area contributed by atoms with Gasteiger partial charge in [0.05, 0.1) is 13.5 Å². The van der Waals surface area contributed by atoms with Crippen LogP contribution in [0.4, 0.5) is 0 Å². The molecule has 0 heterocycles. The predicted molar refractivity (Wildman–Crippen MR) is 56.0 cm³/mol. The first-order chi connectivity index (χ1) is 6.72. The Balaban J connectivity index is 2.22. The zero-order valence-corrected chi connectivity index (χ0v) is 8.95. The van der Waals surface area contributed by atoms with E-state index in [0.717, 1.165) is 12.8 Å². The van der Waals surface area contributed by atoms with Crippen molar-refractivity contribution >= 4 is 5.97 Å². The molecule has 0 amide bonds. The minimum Gasteiger partial charge on any atom is -0.469 e. The van der Waals surface area contributed by atoms with Gasteiger partial charge in [0.1, 0.15) is 0 Å². The SMILES string of the molecule is COC(=O)CC(C)NC1CC=CCC1. The lowest BCUT2D eigenvalue weighted by Crippen LogP contribution is -2.38. The smallest absolute Gasteiger partial charge is 0.307 e. The number of esters is 1. The number of allylic oxidation sites excluding steroid dienone is 1. The third-order valence-electron chi connectivity index (χ3n) is 2.49. The first-order valence-electron chi connectivity index (χ1n) is 5.20. The van der Waals surface area contributed by atoms with Gasteiger partial charge in [0, 0.05) is 12.1 Å². The van der Waals surface area contributed by atoms with Crippen molar-refractivity contribution in [2.45, 2.75) is 44.7 Å². The van der Waals surface area contributed by atoms with Gasteiger partial charge in [-0.3, -0.25) is 4.79 Å². The van der Waals surface area contributed by atoms with E-state index in [1.54, 1.807) is 0 Å². The second-order valence-corrected chi connectivity index (χ2v) is 3.83. The van der Waals surface area contributed by atoms with Crippen LogP contribution < -0.4 is 5.32 Å². The molecule has 0 aromatic rings. The molecule has 0 aliphatic heterocycles. The van der Waals surface area contributed by atoms with E-state index in [2.05, 4.69) is 22.2 Å². The number of hydrogen-bond donors (Lipinski definition) is 1. The fourth-order valence-electron chi connectivity index (χ4n) is 1.74. The van der Waals surface area contributed by atoms with Crippen molar-refractivity contribution in [3.8, 4) is 0 Å². The molecular formula is C11H19NO2. The molecule has 0 bridgehead atoms. The quantitative estimate of drug-likeness (QED) is 0.550. The topological polar surface area (TPSA) is 38.3 Å². The van der Waals surface area contributed by atoms with Crippen molar-refractivity contribution in [3.63, 3.8) is 0 Å². The van der Waals surface area contributed by atoms with Crippen molar-refractivity contribution < 1.29 is 9.53 Å². The van der Waals surface area contributed by atoms with Crippen LogP contribution in [0.3, 0.4) is 0 Å². The van der Waals surface area contributed by atoms with Crippen molar-refractivity contribution in [3.05, 3.63) is 12.2 Å². The normalized spacial score (nSPS) is 23.1. The van der Waals surface area contributed by atoms with Gasteiger partial charge in [-0.2, -0.15) is 0 Å². The Labute approximate surface area is 85.5 Å². The number of hydrogen-bond acceptors (Lipinski definition) is 3. The fraction of sp³-hybridized carbons (Fsp3) is 0.727. The Bertz CT molecular complexity index is 213. The minimum absolute atomic E-state index is 0.142. The molecule has 1 aliphatic carbocycles. The van der Waals surface area contributed by atoms with Gasteiger partial charge in [0.25, 0.3) is 0 Å². The molecule has 2 unspecified atom stereocenters. The van der Waals surface area contributed by atoms with Crippen LogP contribution in [-0.4, -0.2) is 25.2 Å². The maximum Gasteiger partial charge on any atom is 0.307 e. The molecule has 0 spiro atoms. The Kier molecular flexibility index (Phi) is 4.66. The fourth-order valence-corrected chi connectivity index (χ4v) is 1.74. The Hall–Kier alpha value is -0.830. The first kappa shape index (κ1) is 11.2. The molecule has 0 saturated heterocycles. The van der Waals surface area contributed by atoms with Crippen molar-refractivity contribution in [2.24, 2.45) is 0 Å². The molecule has 0 radical (unpaired) electrons. The molecule has 1 N–H and O–H groups in total. The summed E-state index contributed by atoms with van der Waals surface area (Å²) in [4.78, 5) is 11.0. The van der Waals surface area contributed by atoms with E-state index in [9.17, 15) is 4.79 Å². The van der Waals surface area contributed by atoms with Gasteiger partial charge in [-0.05, 0) is 26.2 Å². The van der Waals surface area contributed by atoms with Gasteiger partial charge in [0.15, 0.2) is 0 Å². The van der Waals surface area contributed by atoms with E-state index in [1.807, 2.05) is 6.92 Å². The van der Waals surface area contributed by atoms with Crippen LogP contribution >= 0.6 is 0 Å². The highest BCUT2D eigenvalue weighted by Crippen LogP contribution is 2.11. The van der Waals surface area contributed by atoms with Gasteiger partial charge in [-0.1, -0.05) is 12.2 Å². The lowest BCUT2D eigenvalue weighted by molar-refractivity contribution is -0.141. The summed E-state index contributed by atoms with van der Waals surface area (Å²) < 4.78 is 4.62. The van der Waals surface area contributed by atoms with Gasteiger partial charge < -0.3 is 10.1 Å². The molecule has 1 rings (SSSR count). The summed E-state index contributed by atoms with van der Waals surface area (Å²) in [5, 5.41) is 3.43. The summed E-state index contributed by atoms with van der Waals surface area (Å²) >= 11 is 0. The molecule has 0 saturated carbocycles. The van der Waals surface area contributed by atoms with Gasteiger partial charge >= 0.3 is 5.97 Å². The van der Waals surface area contributed by atoms with Gasteiger partial charge in [-0.15, -0.1) is 0 Å². The van der Waals surface area contributed by atoms with Crippen LogP contribution in [0.15, 0.2) is 12.2 Å². The molecule has 3 nitrogen and oxygen atoms in total. The summed E-state index contributed by atoms with van der Waals surface area (Å²) in [6, 6.07) is 0.735. The van der Waals surface area contributed by atoms with Crippen molar-refractivity contribution in [1.82, 2.24) is 5.32 Å². The van der Waals surface area contributed by atoms with Crippen LogP contribution in [0.25, 0.3) is 0 Å². The summed E-state index contributed by atoms with van der Waals surface area (Å²) in [6.07, 6.45) is 8.25. The van der Waals surface area contributed by atoms with Crippen LogP contribution in [0.5, 0.6) is 0 Å². The molecule has 1 aliphatic rings. The molecule has 0 fully saturated rings. The Morgan fingerprint density at radius 2 is 2.43 bits per heavy atom. The van der Waals surface area contributed by atoms with Crippen LogP contribution in [0, 0.1) is 0 Å².